The van der Waals surface area contributed by atoms with E-state index in [-0.39, 0.29) is 19.4 Å². The Morgan fingerprint density at radius 2 is 0.741 bits per heavy atom. The van der Waals surface area contributed by atoms with Crippen LogP contribution in [0.2, 0.25) is 0 Å². The van der Waals surface area contributed by atoms with Crippen molar-refractivity contribution in [2.75, 3.05) is 13.2 Å². The number of ether oxygens (including phenoxy) is 2. The molecule has 0 radical (unpaired) electrons. The summed E-state index contributed by atoms with van der Waals surface area (Å²) in [7, 11) is -4.76. The Hall–Kier alpha value is -1.47. The minimum atomic E-state index is -4.76. The van der Waals surface area contributed by atoms with Gasteiger partial charge in [-0.1, -0.05) is 212 Å². The molecule has 0 aromatic heterocycles. The molecule has 1 atom stereocenters. The highest BCUT2D eigenvalue weighted by atomic mass is 31.2. The Bertz CT molecular complexity index is 993. The summed E-state index contributed by atoms with van der Waals surface area (Å²) in [6.07, 6.45) is 53.5. The topological polar surface area (TPSA) is 119 Å². The van der Waals surface area contributed by atoms with Crippen LogP contribution >= 0.6 is 7.82 Å². The Balaban J connectivity index is 3.84. The summed E-state index contributed by atoms with van der Waals surface area (Å²) in [5.74, 6) is -0.915. The molecule has 0 aliphatic carbocycles. The first-order chi connectivity index (χ1) is 28.3. The lowest BCUT2D eigenvalue weighted by Crippen LogP contribution is -2.29. The summed E-state index contributed by atoms with van der Waals surface area (Å²) >= 11 is 0. The van der Waals surface area contributed by atoms with Gasteiger partial charge < -0.3 is 19.3 Å². The van der Waals surface area contributed by atoms with E-state index in [1.807, 2.05) is 0 Å². The molecule has 0 fully saturated rings. The van der Waals surface area contributed by atoms with Crippen molar-refractivity contribution in [1.29, 1.82) is 0 Å². The molecule has 0 saturated heterocycles. The smallest absolute Gasteiger partial charge is 0.462 e. The maximum Gasteiger partial charge on any atom is 0.469 e. The van der Waals surface area contributed by atoms with E-state index in [1.165, 1.54) is 180 Å². The minimum absolute atomic E-state index is 0.167. The van der Waals surface area contributed by atoms with E-state index in [1.54, 1.807) is 0 Å². The maximum atomic E-state index is 12.4. The summed E-state index contributed by atoms with van der Waals surface area (Å²) in [4.78, 5) is 43.0. The van der Waals surface area contributed by atoms with Gasteiger partial charge in [0.15, 0.2) is 6.10 Å². The second-order valence-corrected chi connectivity index (χ2v) is 18.0. The Labute approximate surface area is 358 Å². The first-order valence-electron chi connectivity index (χ1n) is 24.6. The second-order valence-electron chi connectivity index (χ2n) is 16.8. The SMILES string of the molecule is CCCCCCCC/C=C/CCCCCCCCCC(=O)OC[C@H](COP(=O)(O)O)OC(=O)CCC/C=C/CCCCCCCCCCCCCCCCCCCC. The minimum Gasteiger partial charge on any atom is -0.462 e. The van der Waals surface area contributed by atoms with E-state index in [0.717, 1.165) is 44.9 Å². The van der Waals surface area contributed by atoms with Crippen LogP contribution < -0.4 is 0 Å². The van der Waals surface area contributed by atoms with Crippen LogP contribution in [-0.2, 0) is 28.2 Å². The normalized spacial score (nSPS) is 12.6. The van der Waals surface area contributed by atoms with E-state index < -0.39 is 32.5 Å². The van der Waals surface area contributed by atoms with E-state index in [2.05, 4.69) is 42.7 Å². The van der Waals surface area contributed by atoms with Gasteiger partial charge in [0.1, 0.15) is 6.61 Å². The van der Waals surface area contributed by atoms with Crippen LogP contribution in [0, 0.1) is 0 Å². The van der Waals surface area contributed by atoms with Gasteiger partial charge in [-0.15, -0.1) is 0 Å². The highest BCUT2D eigenvalue weighted by Crippen LogP contribution is 2.36. The highest BCUT2D eigenvalue weighted by molar-refractivity contribution is 7.46. The number of esters is 2. The van der Waals surface area contributed by atoms with Crippen molar-refractivity contribution in [1.82, 2.24) is 0 Å². The Morgan fingerprint density at radius 1 is 0.431 bits per heavy atom. The summed E-state index contributed by atoms with van der Waals surface area (Å²) in [5, 5.41) is 0. The lowest BCUT2D eigenvalue weighted by atomic mass is 10.0. The zero-order valence-electron chi connectivity index (χ0n) is 38.0. The van der Waals surface area contributed by atoms with E-state index >= 15 is 0 Å². The van der Waals surface area contributed by atoms with Crippen LogP contribution in [0.15, 0.2) is 24.3 Å². The molecule has 9 heteroatoms. The van der Waals surface area contributed by atoms with Crippen molar-refractivity contribution in [2.45, 2.75) is 264 Å². The van der Waals surface area contributed by atoms with Crippen LogP contribution in [-0.4, -0.2) is 41.0 Å². The van der Waals surface area contributed by atoms with E-state index in [9.17, 15) is 14.2 Å². The summed E-state index contributed by atoms with van der Waals surface area (Å²) in [6, 6.07) is 0. The number of carbonyl (C=O) groups is 2. The van der Waals surface area contributed by atoms with Crippen LogP contribution in [0.3, 0.4) is 0 Å². The molecule has 58 heavy (non-hydrogen) atoms. The molecule has 2 N–H and O–H groups in total. The summed E-state index contributed by atoms with van der Waals surface area (Å²) < 4.78 is 26.5. The van der Waals surface area contributed by atoms with Crippen LogP contribution in [0.25, 0.3) is 0 Å². The maximum absolute atomic E-state index is 12.4. The van der Waals surface area contributed by atoms with Gasteiger partial charge >= 0.3 is 19.8 Å². The van der Waals surface area contributed by atoms with Gasteiger partial charge in [0, 0.05) is 12.8 Å². The van der Waals surface area contributed by atoms with E-state index in [0.29, 0.717) is 6.42 Å². The first kappa shape index (κ1) is 56.5. The summed E-state index contributed by atoms with van der Waals surface area (Å²) in [5.41, 5.74) is 0. The molecule has 342 valence electrons. The van der Waals surface area contributed by atoms with Gasteiger partial charge in [-0.2, -0.15) is 0 Å². The molecular formula is C49H93O8P. The molecule has 0 saturated carbocycles. The molecule has 0 rings (SSSR count). The van der Waals surface area contributed by atoms with Gasteiger partial charge in [-0.05, 0) is 57.8 Å². The number of rotatable bonds is 46. The molecule has 0 aliphatic heterocycles. The molecule has 0 bridgehead atoms. The third-order valence-corrected chi connectivity index (χ3v) is 11.4. The number of hydrogen-bond acceptors (Lipinski definition) is 6. The average molecular weight is 841 g/mol. The molecule has 0 unspecified atom stereocenters. The van der Waals surface area contributed by atoms with Crippen molar-refractivity contribution in [3.05, 3.63) is 24.3 Å². The number of carbonyl (C=O) groups excluding carboxylic acids is 2. The van der Waals surface area contributed by atoms with Crippen LogP contribution in [0.4, 0.5) is 0 Å². The second kappa shape index (κ2) is 45.1. The van der Waals surface area contributed by atoms with Crippen LogP contribution in [0.5, 0.6) is 0 Å². The molecule has 0 amide bonds. The molecular weight excluding hydrogens is 748 g/mol. The van der Waals surface area contributed by atoms with Gasteiger partial charge in [0.25, 0.3) is 0 Å². The Morgan fingerprint density at radius 3 is 1.10 bits per heavy atom. The summed E-state index contributed by atoms with van der Waals surface area (Å²) in [6.45, 7) is 3.70. The molecule has 0 heterocycles. The van der Waals surface area contributed by atoms with Gasteiger partial charge in [0.05, 0.1) is 6.61 Å². The van der Waals surface area contributed by atoms with Crippen molar-refractivity contribution in [2.24, 2.45) is 0 Å². The lowest BCUT2D eigenvalue weighted by molar-refractivity contribution is -0.161. The number of phosphoric acid groups is 1. The van der Waals surface area contributed by atoms with E-state index in [4.69, 9.17) is 19.3 Å². The van der Waals surface area contributed by atoms with Crippen molar-refractivity contribution in [3.8, 4) is 0 Å². The first-order valence-corrected chi connectivity index (χ1v) is 26.2. The number of phosphoric ester groups is 1. The van der Waals surface area contributed by atoms with Crippen molar-refractivity contribution < 1.29 is 37.9 Å². The third kappa shape index (κ3) is 47.2. The molecule has 0 aromatic rings. The van der Waals surface area contributed by atoms with Crippen molar-refractivity contribution in [3.63, 3.8) is 0 Å². The Kier molecular flexibility index (Phi) is 43.9. The van der Waals surface area contributed by atoms with Gasteiger partial charge in [0.2, 0.25) is 0 Å². The lowest BCUT2D eigenvalue weighted by Gasteiger charge is -2.18. The fraction of sp³-hybridized carbons (Fsp3) is 0.878. The van der Waals surface area contributed by atoms with Crippen LogP contribution in [0.1, 0.15) is 258 Å². The monoisotopic (exact) mass is 841 g/mol. The standard InChI is InChI=1S/C49H93O8P/c1-3-5-7-9-11-13-15-17-19-21-22-23-24-25-26-28-30-32-34-36-38-40-42-44-49(51)57-47(46-56-58(52,53)54)45-55-48(50)43-41-39-37-35-33-31-29-27-20-18-16-14-12-10-8-6-4-2/h18,20,36,38,47H,3-17,19,21-35,37,39-46H2,1-2H3,(H2,52,53,54)/b20-18+,38-36+/t47-/m1/s1. The number of unbranched alkanes of at least 4 members (excludes halogenated alkanes) is 32. The number of hydrogen-bond donors (Lipinski definition) is 2. The molecule has 0 aromatic carbocycles. The fourth-order valence-corrected chi connectivity index (χ4v) is 7.62. The third-order valence-electron chi connectivity index (χ3n) is 10.9. The molecule has 8 nitrogen and oxygen atoms in total. The fourth-order valence-electron chi connectivity index (χ4n) is 7.26. The van der Waals surface area contributed by atoms with Crippen molar-refractivity contribution >= 4 is 19.8 Å². The predicted molar refractivity (Wildman–Crippen MR) is 244 cm³/mol. The largest absolute Gasteiger partial charge is 0.469 e. The molecule has 0 spiro atoms. The predicted octanol–water partition coefficient (Wildman–Crippen LogP) is 15.5. The zero-order chi connectivity index (χ0) is 42.5. The molecule has 0 aliphatic rings. The quantitative estimate of drug-likeness (QED) is 0.0269. The average Bonchev–Trinajstić information content (AvgIpc) is 3.20. The van der Waals surface area contributed by atoms with Gasteiger partial charge in [-0.3, -0.25) is 14.1 Å². The number of allylic oxidation sites excluding steroid dienone is 4. The zero-order valence-corrected chi connectivity index (χ0v) is 38.9. The highest BCUT2D eigenvalue weighted by Gasteiger charge is 2.22. The van der Waals surface area contributed by atoms with Gasteiger partial charge in [-0.25, -0.2) is 4.57 Å².